The number of aromatic nitrogens is 3. The van der Waals surface area contributed by atoms with E-state index in [1.807, 2.05) is 15.6 Å². The van der Waals surface area contributed by atoms with Gasteiger partial charge in [0, 0.05) is 43.1 Å². The van der Waals surface area contributed by atoms with Crippen molar-refractivity contribution in [1.29, 1.82) is 0 Å². The number of hydrogen-bond acceptors (Lipinski definition) is 4. The van der Waals surface area contributed by atoms with Gasteiger partial charge < -0.3 is 10.6 Å². The number of carbonyl (C=O) groups excluding carboxylic acids is 1. The highest BCUT2D eigenvalue weighted by molar-refractivity contribution is 5.81. The first-order valence-corrected chi connectivity index (χ1v) is 9.23. The molecule has 0 radical (unpaired) electrons. The van der Waals surface area contributed by atoms with E-state index in [9.17, 15) is 4.79 Å². The van der Waals surface area contributed by atoms with Gasteiger partial charge in [0.2, 0.25) is 5.91 Å². The van der Waals surface area contributed by atoms with Gasteiger partial charge in [0.1, 0.15) is 0 Å². The summed E-state index contributed by atoms with van der Waals surface area (Å²) < 4.78 is 1.90. The molecule has 6 nitrogen and oxygen atoms in total. The molecule has 6 heteroatoms. The number of allylic oxidation sites excluding steroid dienone is 2. The molecule has 1 fully saturated rings. The highest BCUT2D eigenvalue weighted by Crippen LogP contribution is 2.33. The molecule has 2 N–H and O–H groups in total. The van der Waals surface area contributed by atoms with Crippen LogP contribution >= 0.6 is 0 Å². The van der Waals surface area contributed by atoms with E-state index in [1.165, 1.54) is 0 Å². The van der Waals surface area contributed by atoms with Gasteiger partial charge in [-0.25, -0.2) is 9.67 Å². The number of carbonyl (C=O) groups is 1. The van der Waals surface area contributed by atoms with Gasteiger partial charge >= 0.3 is 0 Å². The van der Waals surface area contributed by atoms with Gasteiger partial charge in [0.15, 0.2) is 5.65 Å². The van der Waals surface area contributed by atoms with E-state index in [-0.39, 0.29) is 11.8 Å². The highest BCUT2D eigenvalue weighted by Gasteiger charge is 2.33. The van der Waals surface area contributed by atoms with Gasteiger partial charge in [0.25, 0.3) is 0 Å². The average molecular weight is 339 g/mol. The van der Waals surface area contributed by atoms with Crippen LogP contribution in [0, 0.1) is 5.92 Å². The summed E-state index contributed by atoms with van der Waals surface area (Å²) in [5.74, 6) is 0.765. The first kappa shape index (κ1) is 16.3. The van der Waals surface area contributed by atoms with Gasteiger partial charge in [-0.1, -0.05) is 12.2 Å². The molecule has 2 aromatic heterocycles. The Morgan fingerprint density at radius 3 is 3.04 bits per heavy atom. The fraction of sp³-hybridized carbons (Fsp3) is 0.526. The zero-order valence-corrected chi connectivity index (χ0v) is 14.5. The van der Waals surface area contributed by atoms with Gasteiger partial charge in [0.05, 0.1) is 12.2 Å². The number of rotatable bonds is 4. The van der Waals surface area contributed by atoms with Crippen molar-refractivity contribution >= 4 is 16.9 Å². The molecule has 4 rings (SSSR count). The molecule has 25 heavy (non-hydrogen) atoms. The van der Waals surface area contributed by atoms with E-state index in [4.69, 9.17) is 10.8 Å². The quantitative estimate of drug-likeness (QED) is 0.865. The van der Waals surface area contributed by atoms with Crippen LogP contribution in [0.2, 0.25) is 0 Å². The number of hydrogen-bond donors (Lipinski definition) is 1. The normalized spacial score (nSPS) is 23.5. The van der Waals surface area contributed by atoms with Crippen molar-refractivity contribution in [3.05, 3.63) is 36.2 Å². The molecule has 0 spiro atoms. The monoisotopic (exact) mass is 339 g/mol. The van der Waals surface area contributed by atoms with Gasteiger partial charge in [-0.2, -0.15) is 5.10 Å². The summed E-state index contributed by atoms with van der Waals surface area (Å²) in [4.78, 5) is 19.3. The van der Waals surface area contributed by atoms with Crippen LogP contribution in [0.5, 0.6) is 0 Å². The van der Waals surface area contributed by atoms with Crippen LogP contribution in [-0.4, -0.2) is 45.2 Å². The first-order chi connectivity index (χ1) is 12.3. The Labute approximate surface area is 147 Å². The molecule has 0 aromatic carbocycles. The molecule has 0 unspecified atom stereocenters. The smallest absolute Gasteiger partial charge is 0.226 e. The van der Waals surface area contributed by atoms with E-state index >= 15 is 0 Å². The van der Waals surface area contributed by atoms with E-state index in [0.29, 0.717) is 19.0 Å². The number of nitrogens with two attached hydrogens (primary N) is 1. The van der Waals surface area contributed by atoms with Crippen LogP contribution in [0.4, 0.5) is 0 Å². The topological polar surface area (TPSA) is 77.0 Å². The molecule has 1 aliphatic heterocycles. The average Bonchev–Trinajstić information content (AvgIpc) is 3.28. The molecule has 3 heterocycles. The van der Waals surface area contributed by atoms with Gasteiger partial charge in [-0.3, -0.25) is 4.79 Å². The molecule has 2 atom stereocenters. The summed E-state index contributed by atoms with van der Waals surface area (Å²) in [7, 11) is 0. The minimum absolute atomic E-state index is 0.164. The van der Waals surface area contributed by atoms with Crippen LogP contribution in [0.15, 0.2) is 30.5 Å². The lowest BCUT2D eigenvalue weighted by Crippen LogP contribution is -2.34. The molecular weight excluding hydrogens is 314 g/mol. The minimum Gasteiger partial charge on any atom is -0.342 e. The Balaban J connectivity index is 1.54. The second kappa shape index (κ2) is 6.96. The van der Waals surface area contributed by atoms with Crippen molar-refractivity contribution in [1.82, 2.24) is 19.7 Å². The molecular formula is C19H25N5O. The Bertz CT molecular complexity index is 796. The number of amides is 1. The Morgan fingerprint density at radius 2 is 2.24 bits per heavy atom. The first-order valence-electron chi connectivity index (χ1n) is 9.23. The third kappa shape index (κ3) is 3.06. The molecule has 1 amide bonds. The van der Waals surface area contributed by atoms with Crippen molar-refractivity contribution in [2.75, 3.05) is 19.6 Å². The Morgan fingerprint density at radius 1 is 1.32 bits per heavy atom. The molecule has 1 aliphatic carbocycles. The fourth-order valence-electron chi connectivity index (χ4n) is 4.07. The SMILES string of the molecule is NCCn1nc([C@@H]2CCN(C(=O)[C@H]3CC=CCC3)C2)c2cccnc21. The predicted molar refractivity (Wildman–Crippen MR) is 97.0 cm³/mol. The van der Waals surface area contributed by atoms with Crippen molar-refractivity contribution in [2.24, 2.45) is 11.7 Å². The van der Waals surface area contributed by atoms with E-state index in [0.717, 1.165) is 55.5 Å². The number of fused-ring (bicyclic) bond motifs is 1. The van der Waals surface area contributed by atoms with Gasteiger partial charge in [-0.15, -0.1) is 0 Å². The standard InChI is InChI=1S/C19H25N5O/c20-9-12-24-18-16(7-4-10-21-18)17(22-24)15-8-11-23(13-15)19(25)14-5-2-1-3-6-14/h1-2,4,7,10,14-15H,3,5-6,8-9,11-13,20H2/t14-,15+/m0/s1. The van der Waals surface area contributed by atoms with E-state index < -0.39 is 0 Å². The fourth-order valence-corrected chi connectivity index (χ4v) is 4.07. The molecule has 2 aromatic rings. The van der Waals surface area contributed by atoms with Crippen molar-refractivity contribution in [3.8, 4) is 0 Å². The second-order valence-electron chi connectivity index (χ2n) is 7.02. The van der Waals surface area contributed by atoms with E-state index in [2.05, 4.69) is 23.2 Å². The molecule has 0 bridgehead atoms. The van der Waals surface area contributed by atoms with E-state index in [1.54, 1.807) is 6.20 Å². The summed E-state index contributed by atoms with van der Waals surface area (Å²) >= 11 is 0. The highest BCUT2D eigenvalue weighted by atomic mass is 16.2. The summed E-state index contributed by atoms with van der Waals surface area (Å²) in [6, 6.07) is 4.03. The second-order valence-corrected chi connectivity index (χ2v) is 7.02. The zero-order chi connectivity index (χ0) is 17.2. The number of likely N-dealkylation sites (tertiary alicyclic amines) is 1. The van der Waals surface area contributed by atoms with Crippen LogP contribution < -0.4 is 5.73 Å². The Hall–Kier alpha value is -2.21. The maximum atomic E-state index is 12.8. The maximum Gasteiger partial charge on any atom is 0.226 e. The van der Waals surface area contributed by atoms with Crippen LogP contribution in [0.1, 0.15) is 37.3 Å². The van der Waals surface area contributed by atoms with Crippen LogP contribution in [0.25, 0.3) is 11.0 Å². The summed E-state index contributed by atoms with van der Waals surface area (Å²) in [6.07, 6.45) is 9.98. The molecule has 0 saturated carbocycles. The van der Waals surface area contributed by atoms with Crippen molar-refractivity contribution in [3.63, 3.8) is 0 Å². The lowest BCUT2D eigenvalue weighted by atomic mass is 9.93. The van der Waals surface area contributed by atoms with Crippen molar-refractivity contribution in [2.45, 2.75) is 38.1 Å². The minimum atomic E-state index is 0.164. The molecule has 2 aliphatic rings. The zero-order valence-electron chi connectivity index (χ0n) is 14.5. The summed E-state index contributed by atoms with van der Waals surface area (Å²) in [6.45, 7) is 2.80. The number of pyridine rings is 1. The number of nitrogens with zero attached hydrogens (tertiary/aromatic N) is 4. The summed E-state index contributed by atoms with van der Waals surface area (Å²) in [5, 5.41) is 5.89. The lowest BCUT2D eigenvalue weighted by molar-refractivity contribution is -0.134. The lowest BCUT2D eigenvalue weighted by Gasteiger charge is -2.24. The molecule has 1 saturated heterocycles. The third-order valence-corrected chi connectivity index (χ3v) is 5.38. The maximum absolute atomic E-state index is 12.8. The predicted octanol–water partition coefficient (Wildman–Crippen LogP) is 2.06. The largest absolute Gasteiger partial charge is 0.342 e. The summed E-state index contributed by atoms with van der Waals surface area (Å²) in [5.41, 5.74) is 7.67. The molecule has 132 valence electrons. The van der Waals surface area contributed by atoms with Crippen LogP contribution in [0.3, 0.4) is 0 Å². The third-order valence-electron chi connectivity index (χ3n) is 5.38. The van der Waals surface area contributed by atoms with Crippen LogP contribution in [-0.2, 0) is 11.3 Å². The Kier molecular flexibility index (Phi) is 4.53. The van der Waals surface area contributed by atoms with Gasteiger partial charge in [-0.05, 0) is 37.8 Å². The van der Waals surface area contributed by atoms with Crippen molar-refractivity contribution < 1.29 is 4.79 Å².